The van der Waals surface area contributed by atoms with E-state index in [0.29, 0.717) is 17.3 Å². The second-order valence-electron chi connectivity index (χ2n) is 6.51. The molecule has 0 saturated carbocycles. The number of imidazole rings is 1. The van der Waals surface area contributed by atoms with Crippen LogP contribution in [0.5, 0.6) is 11.8 Å². The van der Waals surface area contributed by atoms with E-state index in [9.17, 15) is 9.59 Å². The van der Waals surface area contributed by atoms with Crippen molar-refractivity contribution in [1.29, 1.82) is 0 Å². The van der Waals surface area contributed by atoms with Crippen LogP contribution in [-0.2, 0) is 20.6 Å². The molecule has 0 unspecified atom stereocenters. The third-order valence-corrected chi connectivity index (χ3v) is 5.65. The minimum atomic E-state index is -0.453. The predicted molar refractivity (Wildman–Crippen MR) is 115 cm³/mol. The molecule has 4 rings (SSSR count). The molecule has 9 heteroatoms. The van der Waals surface area contributed by atoms with Crippen LogP contribution in [0.2, 0.25) is 5.02 Å². The van der Waals surface area contributed by atoms with Gasteiger partial charge in [-0.2, -0.15) is 4.98 Å². The van der Waals surface area contributed by atoms with Gasteiger partial charge >= 0.3 is 11.7 Å². The first-order chi connectivity index (χ1) is 13.9. The number of hydrogen-bond acceptors (Lipinski definition) is 4. The second kappa shape index (κ2) is 7.53. The van der Waals surface area contributed by atoms with Gasteiger partial charge in [-0.05, 0) is 35.9 Å². The fraction of sp³-hybridized carbons (Fsp3) is 0.150. The van der Waals surface area contributed by atoms with Crippen LogP contribution < -0.4 is 16.0 Å². The third-order valence-electron chi connectivity index (χ3n) is 4.62. The highest BCUT2D eigenvalue weighted by molar-refractivity contribution is 9.10. The first-order valence-electron chi connectivity index (χ1n) is 8.70. The molecule has 0 bridgehead atoms. The Kier molecular flexibility index (Phi) is 5.06. The molecular weight excluding hydrogens is 460 g/mol. The number of fused-ring (bicyclic) bond motifs is 1. The highest BCUT2D eigenvalue weighted by Gasteiger charge is 2.21. The quantitative estimate of drug-likeness (QED) is 0.451. The summed E-state index contributed by atoms with van der Waals surface area (Å²) in [6.07, 6.45) is 0. The van der Waals surface area contributed by atoms with Crippen LogP contribution in [0.1, 0.15) is 5.56 Å². The molecule has 2 aromatic carbocycles. The van der Waals surface area contributed by atoms with Gasteiger partial charge in [0.2, 0.25) is 0 Å². The first kappa shape index (κ1) is 19.5. The van der Waals surface area contributed by atoms with Crippen molar-refractivity contribution in [3.63, 3.8) is 0 Å². The summed E-state index contributed by atoms with van der Waals surface area (Å²) in [6.45, 7) is 0.328. The molecule has 2 aromatic heterocycles. The van der Waals surface area contributed by atoms with Crippen LogP contribution in [0.3, 0.4) is 0 Å². The molecule has 0 N–H and O–H groups in total. The number of rotatable bonds is 4. The summed E-state index contributed by atoms with van der Waals surface area (Å²) in [5, 5.41) is 0.579. The Morgan fingerprint density at radius 1 is 1.03 bits per heavy atom. The van der Waals surface area contributed by atoms with E-state index in [1.165, 1.54) is 11.6 Å². The number of halogens is 2. The summed E-state index contributed by atoms with van der Waals surface area (Å²) in [5.74, 6) is 0.514. The van der Waals surface area contributed by atoms with Crippen LogP contribution in [-0.4, -0.2) is 18.7 Å². The molecule has 7 nitrogen and oxygen atoms in total. The van der Waals surface area contributed by atoms with Gasteiger partial charge in [0.15, 0.2) is 11.2 Å². The molecule has 0 radical (unpaired) electrons. The molecule has 0 amide bonds. The summed E-state index contributed by atoms with van der Waals surface area (Å²) < 4.78 is 10.9. The largest absolute Gasteiger partial charge is 0.425 e. The lowest BCUT2D eigenvalue weighted by atomic mass is 10.2. The van der Waals surface area contributed by atoms with Crippen LogP contribution >= 0.6 is 27.5 Å². The van der Waals surface area contributed by atoms with Crippen LogP contribution in [0.15, 0.2) is 62.6 Å². The minimum Gasteiger partial charge on any atom is -0.425 e. The van der Waals surface area contributed by atoms with Crippen molar-refractivity contribution in [2.24, 2.45) is 14.1 Å². The number of aryl methyl sites for hydroxylation is 1. The van der Waals surface area contributed by atoms with Crippen molar-refractivity contribution < 1.29 is 4.74 Å². The van der Waals surface area contributed by atoms with Gasteiger partial charge in [-0.15, -0.1) is 0 Å². The van der Waals surface area contributed by atoms with E-state index in [2.05, 4.69) is 20.9 Å². The van der Waals surface area contributed by atoms with Gasteiger partial charge in [-0.3, -0.25) is 18.5 Å². The van der Waals surface area contributed by atoms with Gasteiger partial charge in [0.25, 0.3) is 5.56 Å². The Labute approximate surface area is 178 Å². The normalized spacial score (nSPS) is 11.2. The molecule has 0 saturated heterocycles. The van der Waals surface area contributed by atoms with E-state index in [1.54, 1.807) is 35.9 Å². The Balaban J connectivity index is 1.96. The van der Waals surface area contributed by atoms with E-state index in [4.69, 9.17) is 16.3 Å². The molecule has 0 aliphatic rings. The van der Waals surface area contributed by atoms with Crippen molar-refractivity contribution in [1.82, 2.24) is 18.7 Å². The van der Waals surface area contributed by atoms with Gasteiger partial charge in [-0.1, -0.05) is 45.7 Å². The van der Waals surface area contributed by atoms with Gasteiger partial charge in [0.05, 0.1) is 6.54 Å². The van der Waals surface area contributed by atoms with Gasteiger partial charge in [-0.25, -0.2) is 4.79 Å². The summed E-state index contributed by atoms with van der Waals surface area (Å²) in [4.78, 5) is 29.7. The van der Waals surface area contributed by atoms with Crippen molar-refractivity contribution in [3.05, 3.63) is 84.4 Å². The molecule has 0 spiro atoms. The van der Waals surface area contributed by atoms with E-state index in [-0.39, 0.29) is 17.2 Å². The monoisotopic (exact) mass is 474 g/mol. The average Bonchev–Trinajstić information content (AvgIpc) is 3.06. The lowest BCUT2D eigenvalue weighted by molar-refractivity contribution is 0.421. The number of benzene rings is 2. The third kappa shape index (κ3) is 3.49. The molecule has 0 atom stereocenters. The Morgan fingerprint density at radius 2 is 1.72 bits per heavy atom. The molecule has 0 fully saturated rings. The zero-order valence-electron chi connectivity index (χ0n) is 15.6. The molecule has 4 aromatic rings. The van der Waals surface area contributed by atoms with Crippen molar-refractivity contribution in [3.8, 4) is 11.8 Å². The molecule has 29 heavy (non-hydrogen) atoms. The smallest absolute Gasteiger partial charge is 0.332 e. The zero-order chi connectivity index (χ0) is 20.7. The summed E-state index contributed by atoms with van der Waals surface area (Å²) in [5.41, 5.74) is 0.590. The molecule has 0 aliphatic heterocycles. The summed E-state index contributed by atoms with van der Waals surface area (Å²) in [6, 6.07) is 14.7. The predicted octanol–water partition coefficient (Wildman–Crippen LogP) is 3.69. The van der Waals surface area contributed by atoms with Crippen LogP contribution in [0.25, 0.3) is 11.2 Å². The van der Waals surface area contributed by atoms with Crippen molar-refractivity contribution >= 4 is 38.7 Å². The topological polar surface area (TPSA) is 71.1 Å². The van der Waals surface area contributed by atoms with Gasteiger partial charge < -0.3 is 4.74 Å². The molecule has 2 heterocycles. The number of aromatic nitrogens is 4. The Morgan fingerprint density at radius 3 is 2.41 bits per heavy atom. The van der Waals surface area contributed by atoms with Crippen LogP contribution in [0, 0.1) is 0 Å². The highest BCUT2D eigenvalue weighted by atomic mass is 79.9. The van der Waals surface area contributed by atoms with Crippen molar-refractivity contribution in [2.75, 3.05) is 0 Å². The van der Waals surface area contributed by atoms with E-state index >= 15 is 0 Å². The number of nitrogens with zero attached hydrogens (tertiary/aromatic N) is 4. The first-order valence-corrected chi connectivity index (χ1v) is 9.87. The molecule has 148 valence electrons. The zero-order valence-corrected chi connectivity index (χ0v) is 17.9. The van der Waals surface area contributed by atoms with Gasteiger partial charge in [0, 0.05) is 23.6 Å². The van der Waals surface area contributed by atoms with Crippen LogP contribution in [0.4, 0.5) is 0 Å². The highest BCUT2D eigenvalue weighted by Crippen LogP contribution is 2.27. The Bertz CT molecular complexity index is 1340. The minimum absolute atomic E-state index is 0.205. The van der Waals surface area contributed by atoms with E-state index in [0.717, 1.165) is 14.6 Å². The fourth-order valence-electron chi connectivity index (χ4n) is 3.06. The maximum absolute atomic E-state index is 12.9. The summed E-state index contributed by atoms with van der Waals surface area (Å²) in [7, 11) is 3.02. The van der Waals surface area contributed by atoms with Gasteiger partial charge in [0.1, 0.15) is 5.75 Å². The Hall–Kier alpha value is -2.84. The molecular formula is C20H16BrClN4O3. The SMILES string of the molecule is Cn1c(=O)c2c(nc(Oc3ccc(Cl)cc3)n2Cc2ccccc2Br)n(C)c1=O. The lowest BCUT2D eigenvalue weighted by Crippen LogP contribution is -2.37. The molecule has 0 aliphatic carbocycles. The van der Waals surface area contributed by atoms with Crippen molar-refractivity contribution in [2.45, 2.75) is 6.54 Å². The number of ether oxygens (including phenoxy) is 1. The maximum atomic E-state index is 12.9. The standard InChI is InChI=1S/C20H16BrClN4O3/c1-24-17-16(18(27)25(2)20(24)28)26(11-12-5-3-4-6-15(12)21)19(23-17)29-14-9-7-13(22)8-10-14/h3-10H,11H2,1-2H3. The second-order valence-corrected chi connectivity index (χ2v) is 7.80. The lowest BCUT2D eigenvalue weighted by Gasteiger charge is -2.11. The fourth-order valence-corrected chi connectivity index (χ4v) is 3.59. The van der Waals surface area contributed by atoms with E-state index in [1.807, 2.05) is 24.3 Å². The average molecular weight is 476 g/mol. The summed E-state index contributed by atoms with van der Waals surface area (Å²) >= 11 is 9.48. The van der Waals surface area contributed by atoms with E-state index < -0.39 is 11.2 Å². The number of hydrogen-bond donors (Lipinski definition) is 0. The maximum Gasteiger partial charge on any atom is 0.332 e.